The van der Waals surface area contributed by atoms with E-state index in [1.807, 2.05) is 10.7 Å². The topological polar surface area (TPSA) is 162 Å². The molecule has 4 atom stereocenters. The molecule has 266 valence electrons. The van der Waals surface area contributed by atoms with Crippen molar-refractivity contribution in [1.29, 1.82) is 10.5 Å². The van der Waals surface area contributed by atoms with Crippen molar-refractivity contribution >= 4 is 17.4 Å². The summed E-state index contributed by atoms with van der Waals surface area (Å²) >= 11 is 0. The Bertz CT molecular complexity index is 1970. The summed E-state index contributed by atoms with van der Waals surface area (Å²) in [5.41, 5.74) is 10.7. The lowest BCUT2D eigenvalue weighted by atomic mass is 9.72. The molecule has 1 unspecified atom stereocenters. The number of nitrogen functional groups attached to an aromatic ring is 1. The van der Waals surface area contributed by atoms with Gasteiger partial charge in [-0.25, -0.2) is 4.39 Å². The Morgan fingerprint density at radius 1 is 1.22 bits per heavy atom. The Kier molecular flexibility index (Phi) is 8.35. The Labute approximate surface area is 296 Å². The second-order valence-electron chi connectivity index (χ2n) is 15.0. The molecule has 2 N–H and O–H groups in total. The van der Waals surface area contributed by atoms with Gasteiger partial charge in [-0.3, -0.25) is 14.4 Å². The maximum Gasteiger partial charge on any atom is 0.318 e. The van der Waals surface area contributed by atoms with Crippen molar-refractivity contribution in [2.75, 3.05) is 51.0 Å². The molecule has 4 aliphatic heterocycles. The summed E-state index contributed by atoms with van der Waals surface area (Å²) in [5, 5.41) is 24.6. The highest BCUT2D eigenvalue weighted by Crippen LogP contribution is 2.48. The van der Waals surface area contributed by atoms with Crippen LogP contribution in [-0.4, -0.2) is 87.5 Å². The quantitative estimate of drug-likeness (QED) is 0.372. The fourth-order valence-electron chi connectivity index (χ4n) is 9.19. The minimum absolute atomic E-state index is 0.209. The van der Waals surface area contributed by atoms with E-state index in [1.54, 1.807) is 26.2 Å². The van der Waals surface area contributed by atoms with Crippen molar-refractivity contribution in [1.82, 2.24) is 29.5 Å². The van der Waals surface area contributed by atoms with Crippen molar-refractivity contribution in [3.8, 4) is 18.1 Å². The number of anilines is 2. The van der Waals surface area contributed by atoms with E-state index in [-0.39, 0.29) is 43.1 Å². The van der Waals surface area contributed by atoms with Crippen molar-refractivity contribution in [2.24, 2.45) is 0 Å². The monoisotopic (exact) mass is 694 g/mol. The number of nitrogens with zero attached hydrogens (tertiary/aromatic N) is 9. The summed E-state index contributed by atoms with van der Waals surface area (Å²) < 4.78 is 29.8. The van der Waals surface area contributed by atoms with Gasteiger partial charge in [0.25, 0.3) is 5.91 Å². The van der Waals surface area contributed by atoms with Crippen LogP contribution in [0.1, 0.15) is 95.1 Å². The average molecular weight is 695 g/mol. The van der Waals surface area contributed by atoms with Gasteiger partial charge in [0.15, 0.2) is 5.69 Å². The molecule has 2 aromatic heterocycles. The van der Waals surface area contributed by atoms with Crippen LogP contribution in [0.25, 0.3) is 0 Å². The highest BCUT2D eigenvalue weighted by atomic mass is 19.1. The van der Waals surface area contributed by atoms with Gasteiger partial charge in [0, 0.05) is 56.8 Å². The Morgan fingerprint density at radius 2 is 2.08 bits per heavy atom. The number of ether oxygens (including phenoxy) is 2. The third-order valence-corrected chi connectivity index (χ3v) is 11.6. The van der Waals surface area contributed by atoms with Gasteiger partial charge >= 0.3 is 6.01 Å². The van der Waals surface area contributed by atoms with Crippen molar-refractivity contribution in [3.05, 3.63) is 57.5 Å². The number of fused-ring (bicyclic) bond motifs is 5. The van der Waals surface area contributed by atoms with Gasteiger partial charge < -0.3 is 25.0 Å². The number of benzene rings is 1. The van der Waals surface area contributed by atoms with Gasteiger partial charge in [-0.05, 0) is 62.8 Å². The molecule has 1 aromatic carbocycles. The Balaban J connectivity index is 1.20. The smallest absolute Gasteiger partial charge is 0.318 e. The zero-order chi connectivity index (χ0) is 35.5. The number of amides is 1. The van der Waals surface area contributed by atoms with E-state index in [2.05, 4.69) is 27.0 Å². The highest BCUT2D eigenvalue weighted by molar-refractivity contribution is 5.92. The molecule has 14 heteroatoms. The maximum atomic E-state index is 14.7. The minimum Gasteiger partial charge on any atom is -0.461 e. The van der Waals surface area contributed by atoms with E-state index in [4.69, 9.17) is 25.2 Å². The third-order valence-electron chi connectivity index (χ3n) is 11.6. The maximum absolute atomic E-state index is 14.7. The van der Waals surface area contributed by atoms with E-state index < -0.39 is 11.8 Å². The molecule has 2 fully saturated rings. The number of alkyl halides is 1. The first-order valence-electron chi connectivity index (χ1n) is 17.9. The lowest BCUT2D eigenvalue weighted by molar-refractivity contribution is -0.0857. The number of nitrogens with two attached hydrogens (primary N) is 1. The number of rotatable bonds is 6. The van der Waals surface area contributed by atoms with Crippen LogP contribution in [0.2, 0.25) is 0 Å². The first-order valence-corrected chi connectivity index (χ1v) is 17.9. The fourth-order valence-corrected chi connectivity index (χ4v) is 9.19. The van der Waals surface area contributed by atoms with Crippen LogP contribution >= 0.6 is 0 Å². The summed E-state index contributed by atoms with van der Waals surface area (Å²) in [6, 6.07) is 10.3. The minimum atomic E-state index is -0.883. The zero-order valence-electron chi connectivity index (χ0n) is 29.2. The van der Waals surface area contributed by atoms with Gasteiger partial charge in [0.05, 0.1) is 54.2 Å². The normalized spacial score (nSPS) is 26.7. The van der Waals surface area contributed by atoms with Crippen molar-refractivity contribution in [3.63, 3.8) is 0 Å². The van der Waals surface area contributed by atoms with Crippen LogP contribution in [0.3, 0.4) is 0 Å². The summed E-state index contributed by atoms with van der Waals surface area (Å²) in [6.45, 7) is 2.74. The molecule has 1 spiro atoms. The number of aromatic nitrogens is 4. The number of carbonyl (C=O) groups is 1. The predicted octanol–water partition coefficient (Wildman–Crippen LogP) is 3.95. The van der Waals surface area contributed by atoms with Gasteiger partial charge in [0.2, 0.25) is 0 Å². The lowest BCUT2D eigenvalue weighted by Crippen LogP contribution is -2.44. The standard InChI is InChI=1S/C37H43FN10O3/c1-45(2)34(49)30-15-26-20-46(14-9-25(8-12-39)48(26)44-30)33-28-21-51-37(11-3-5-23-6-7-29(41)27(18-40)32(23)37)17-31(28)42-35(43-33)50-22-36-10-4-13-47(36)19-24(38)16-36/h6-7,15,24-25H,3-5,8-11,13-14,16-17,19-22,41H2,1-2H3/t24-,25+,36?,37+/m1/s1. The van der Waals surface area contributed by atoms with Crippen molar-refractivity contribution < 1.29 is 18.7 Å². The summed E-state index contributed by atoms with van der Waals surface area (Å²) in [5.74, 6) is 0.454. The van der Waals surface area contributed by atoms with Crippen LogP contribution in [0.15, 0.2) is 18.2 Å². The van der Waals surface area contributed by atoms with Gasteiger partial charge in [-0.1, -0.05) is 6.07 Å². The first-order chi connectivity index (χ1) is 24.6. The number of hydrogen-bond donors (Lipinski definition) is 1. The van der Waals surface area contributed by atoms with E-state index in [9.17, 15) is 19.7 Å². The number of aryl methyl sites for hydroxylation is 1. The largest absolute Gasteiger partial charge is 0.461 e. The van der Waals surface area contributed by atoms with Crippen LogP contribution in [-0.2, 0) is 36.3 Å². The second-order valence-corrected chi connectivity index (χ2v) is 15.0. The summed E-state index contributed by atoms with van der Waals surface area (Å²) in [7, 11) is 3.38. The predicted molar refractivity (Wildman–Crippen MR) is 184 cm³/mol. The van der Waals surface area contributed by atoms with E-state index >= 15 is 0 Å². The average Bonchev–Trinajstić information content (AvgIpc) is 3.76. The van der Waals surface area contributed by atoms with E-state index in [1.165, 1.54) is 4.90 Å². The highest BCUT2D eigenvalue weighted by Gasteiger charge is 2.50. The Hall–Kier alpha value is -4.79. The molecule has 3 aromatic rings. The van der Waals surface area contributed by atoms with Crippen LogP contribution in [0.5, 0.6) is 6.01 Å². The fraction of sp³-hybridized carbons (Fsp3) is 0.568. The molecule has 0 saturated carbocycles. The van der Waals surface area contributed by atoms with E-state index in [0.29, 0.717) is 68.1 Å². The molecule has 8 rings (SSSR count). The van der Waals surface area contributed by atoms with Crippen LogP contribution in [0, 0.1) is 22.7 Å². The zero-order valence-corrected chi connectivity index (χ0v) is 29.2. The number of carbonyl (C=O) groups excluding carboxylic acids is 1. The molecule has 5 aliphatic rings. The summed E-state index contributed by atoms with van der Waals surface area (Å²) in [6.07, 6.45) is 5.12. The molecule has 2 saturated heterocycles. The lowest BCUT2D eigenvalue weighted by Gasteiger charge is -2.43. The van der Waals surface area contributed by atoms with Crippen molar-refractivity contribution in [2.45, 2.75) is 94.3 Å². The third kappa shape index (κ3) is 5.65. The van der Waals surface area contributed by atoms with Crippen LogP contribution in [0.4, 0.5) is 15.9 Å². The van der Waals surface area contributed by atoms with Gasteiger partial charge in [-0.15, -0.1) is 0 Å². The number of nitriles is 2. The molecule has 1 amide bonds. The number of hydrogen-bond acceptors (Lipinski definition) is 11. The van der Waals surface area contributed by atoms with Crippen LogP contribution < -0.4 is 15.4 Å². The molecule has 6 heterocycles. The first kappa shape index (κ1) is 33.4. The molecule has 1 aliphatic carbocycles. The summed E-state index contributed by atoms with van der Waals surface area (Å²) in [4.78, 5) is 28.9. The second kappa shape index (κ2) is 12.8. The molecular formula is C37H43FN10O3. The molecular weight excluding hydrogens is 651 g/mol. The SMILES string of the molecule is CN(C)C(=O)c1cc2n(n1)[C@@H](CC#N)CCN(c1nc(OCC34CCCN3C[C@H](F)C4)nc3c1CO[C@@]1(CCCc4ccc(N)c(C#N)c41)C3)C2. The van der Waals surface area contributed by atoms with Gasteiger partial charge in [-0.2, -0.15) is 25.6 Å². The Morgan fingerprint density at radius 3 is 2.88 bits per heavy atom. The van der Waals surface area contributed by atoms with Gasteiger partial charge in [0.1, 0.15) is 30.3 Å². The molecule has 0 bridgehead atoms. The number of halogens is 1. The molecule has 13 nitrogen and oxygen atoms in total. The molecule has 0 radical (unpaired) electrons. The van der Waals surface area contributed by atoms with E-state index in [0.717, 1.165) is 60.3 Å². The molecule has 51 heavy (non-hydrogen) atoms.